The number of hydrogen-bond acceptors (Lipinski definition) is 4. The number of benzene rings is 1. The average Bonchev–Trinajstić information content (AvgIpc) is 2.48. The molecule has 5 nitrogen and oxygen atoms in total. The minimum absolute atomic E-state index is 0.0583. The summed E-state index contributed by atoms with van der Waals surface area (Å²) in [6.07, 6.45) is 1.82. The van der Waals surface area contributed by atoms with E-state index in [1.54, 1.807) is 0 Å². The first-order chi connectivity index (χ1) is 9.69. The zero-order chi connectivity index (χ0) is 14.4. The van der Waals surface area contributed by atoms with Crippen LogP contribution < -0.4 is 10.6 Å². The fourth-order valence-corrected chi connectivity index (χ4v) is 2.03. The largest absolute Gasteiger partial charge is 0.368 e. The number of amides is 1. The fraction of sp³-hybridized carbons (Fsp3) is 0.429. The van der Waals surface area contributed by atoms with Gasteiger partial charge in [0.1, 0.15) is 12.4 Å². The van der Waals surface area contributed by atoms with Gasteiger partial charge in [-0.05, 0) is 44.1 Å². The molecule has 1 aromatic rings. The second-order valence-corrected chi connectivity index (χ2v) is 4.61. The number of carbonyl (C=O) groups is 1. The molecule has 2 rings (SSSR count). The van der Waals surface area contributed by atoms with Crippen LogP contribution in [0.25, 0.3) is 0 Å². The van der Waals surface area contributed by atoms with E-state index in [-0.39, 0.29) is 24.0 Å². The number of rotatable bonds is 4. The highest BCUT2D eigenvalue weighted by molar-refractivity contribution is 5.91. The lowest BCUT2D eigenvalue weighted by Gasteiger charge is -2.22. The summed E-state index contributed by atoms with van der Waals surface area (Å²) in [5, 5.41) is 14.3. The molecule has 1 aliphatic rings. The first kappa shape index (κ1) is 14.4. The van der Waals surface area contributed by atoms with Crippen LogP contribution in [0.5, 0.6) is 0 Å². The summed E-state index contributed by atoms with van der Waals surface area (Å²) in [5.41, 5.74) is 0.273. The third-order valence-corrected chi connectivity index (χ3v) is 3.11. The molecule has 1 fully saturated rings. The smallest absolute Gasteiger partial charge is 0.250 e. The first-order valence-electron chi connectivity index (χ1n) is 6.51. The molecule has 0 aliphatic carbocycles. The molecular formula is C14H16FN3O2. The number of halogens is 1. The Kier molecular flexibility index (Phi) is 5.04. The van der Waals surface area contributed by atoms with Crippen molar-refractivity contribution in [2.24, 2.45) is 0 Å². The third kappa shape index (κ3) is 4.02. The van der Waals surface area contributed by atoms with Crippen molar-refractivity contribution in [3.63, 3.8) is 0 Å². The summed E-state index contributed by atoms with van der Waals surface area (Å²) in [6, 6.07) is 5.74. The van der Waals surface area contributed by atoms with E-state index in [9.17, 15) is 9.18 Å². The summed E-state index contributed by atoms with van der Waals surface area (Å²) in [5.74, 6) is -1.02. The highest BCUT2D eigenvalue weighted by atomic mass is 19.1. The molecule has 0 spiro atoms. The molecule has 0 radical (unpaired) electrons. The Labute approximate surface area is 116 Å². The maximum Gasteiger partial charge on any atom is 0.250 e. The highest BCUT2D eigenvalue weighted by Gasteiger charge is 2.15. The number of hydrogen-bond donors (Lipinski definition) is 2. The monoisotopic (exact) mass is 277 g/mol. The van der Waals surface area contributed by atoms with Gasteiger partial charge in [0.25, 0.3) is 0 Å². The molecular weight excluding hydrogens is 261 g/mol. The van der Waals surface area contributed by atoms with Crippen LogP contribution in [0.4, 0.5) is 10.1 Å². The predicted octanol–water partition coefficient (Wildman–Crippen LogP) is 1.40. The van der Waals surface area contributed by atoms with Crippen molar-refractivity contribution < 1.29 is 13.9 Å². The summed E-state index contributed by atoms with van der Waals surface area (Å²) >= 11 is 0. The molecule has 1 aromatic carbocycles. The van der Waals surface area contributed by atoms with Gasteiger partial charge in [0, 0.05) is 0 Å². The van der Waals surface area contributed by atoms with Gasteiger partial charge in [-0.1, -0.05) is 0 Å². The summed E-state index contributed by atoms with van der Waals surface area (Å²) in [6.45, 7) is 1.68. The normalized spacial score (nSPS) is 15.6. The maximum atomic E-state index is 13.6. The van der Waals surface area contributed by atoms with Crippen LogP contribution in [0.3, 0.4) is 0 Å². The molecule has 20 heavy (non-hydrogen) atoms. The van der Waals surface area contributed by atoms with Crippen LogP contribution >= 0.6 is 0 Å². The Balaban J connectivity index is 1.83. The van der Waals surface area contributed by atoms with Gasteiger partial charge in [-0.15, -0.1) is 0 Å². The van der Waals surface area contributed by atoms with Gasteiger partial charge >= 0.3 is 0 Å². The van der Waals surface area contributed by atoms with Gasteiger partial charge in [0.05, 0.1) is 23.4 Å². The third-order valence-electron chi connectivity index (χ3n) is 3.11. The number of nitriles is 1. The van der Waals surface area contributed by atoms with E-state index >= 15 is 0 Å². The zero-order valence-corrected chi connectivity index (χ0v) is 11.0. The Morgan fingerprint density at radius 1 is 1.50 bits per heavy atom. The number of nitrogens with zero attached hydrogens (tertiary/aromatic N) is 1. The van der Waals surface area contributed by atoms with Crippen molar-refractivity contribution in [1.29, 1.82) is 5.26 Å². The number of anilines is 1. The molecule has 6 heteroatoms. The summed E-state index contributed by atoms with van der Waals surface area (Å²) < 4.78 is 19.1. The number of piperidine rings is 1. The first-order valence-corrected chi connectivity index (χ1v) is 6.51. The Morgan fingerprint density at radius 2 is 2.25 bits per heavy atom. The minimum atomic E-state index is -0.626. The zero-order valence-electron chi connectivity index (χ0n) is 11.0. The molecule has 0 unspecified atom stereocenters. The number of nitrogens with one attached hydrogen (secondary N) is 2. The number of carbonyl (C=O) groups excluding carboxylic acids is 1. The van der Waals surface area contributed by atoms with E-state index < -0.39 is 11.7 Å². The van der Waals surface area contributed by atoms with Crippen molar-refractivity contribution in [2.75, 3.05) is 25.0 Å². The Morgan fingerprint density at radius 3 is 2.90 bits per heavy atom. The molecule has 0 atom stereocenters. The van der Waals surface area contributed by atoms with Gasteiger partial charge in [-0.3, -0.25) is 4.79 Å². The lowest BCUT2D eigenvalue weighted by atomic mass is 10.1. The standard InChI is InChI=1S/C14H16FN3O2/c15-12-7-10(8-16)1-2-13(12)18-14(19)9-20-11-3-5-17-6-4-11/h1-2,7,11,17H,3-6,9H2,(H,18,19). The van der Waals surface area contributed by atoms with Crippen molar-refractivity contribution in [3.05, 3.63) is 29.6 Å². The Hall–Kier alpha value is -1.97. The van der Waals surface area contributed by atoms with E-state index in [1.807, 2.05) is 6.07 Å². The van der Waals surface area contributed by atoms with Crippen LogP contribution in [0, 0.1) is 17.1 Å². The van der Waals surface area contributed by atoms with Crippen molar-refractivity contribution in [3.8, 4) is 6.07 Å². The van der Waals surface area contributed by atoms with Gasteiger partial charge in [0.15, 0.2) is 0 Å². The Bertz CT molecular complexity index is 522. The second-order valence-electron chi connectivity index (χ2n) is 4.61. The van der Waals surface area contributed by atoms with Crippen LogP contribution in [0.2, 0.25) is 0 Å². The molecule has 0 aromatic heterocycles. The van der Waals surface area contributed by atoms with Crippen LogP contribution in [0.1, 0.15) is 18.4 Å². The van der Waals surface area contributed by atoms with Gasteiger partial charge in [-0.25, -0.2) is 4.39 Å². The minimum Gasteiger partial charge on any atom is -0.368 e. The number of ether oxygens (including phenoxy) is 1. The summed E-state index contributed by atoms with van der Waals surface area (Å²) in [4.78, 5) is 11.7. The molecule has 0 bridgehead atoms. The van der Waals surface area contributed by atoms with E-state index in [0.717, 1.165) is 32.0 Å². The molecule has 1 saturated heterocycles. The van der Waals surface area contributed by atoms with Crippen LogP contribution in [-0.4, -0.2) is 31.7 Å². The topological polar surface area (TPSA) is 74.2 Å². The van der Waals surface area contributed by atoms with Gasteiger partial charge < -0.3 is 15.4 Å². The van der Waals surface area contributed by atoms with E-state index in [2.05, 4.69) is 10.6 Å². The van der Waals surface area contributed by atoms with Crippen LogP contribution in [0.15, 0.2) is 18.2 Å². The van der Waals surface area contributed by atoms with Gasteiger partial charge in [-0.2, -0.15) is 5.26 Å². The SMILES string of the molecule is N#Cc1ccc(NC(=O)COC2CCNCC2)c(F)c1. The lowest BCUT2D eigenvalue weighted by molar-refractivity contribution is -0.123. The molecule has 106 valence electrons. The molecule has 1 amide bonds. The van der Waals surface area contributed by atoms with Crippen molar-refractivity contribution in [1.82, 2.24) is 5.32 Å². The average molecular weight is 277 g/mol. The molecule has 0 saturated carbocycles. The predicted molar refractivity (Wildman–Crippen MR) is 71.6 cm³/mol. The summed E-state index contributed by atoms with van der Waals surface area (Å²) in [7, 11) is 0. The fourth-order valence-electron chi connectivity index (χ4n) is 2.03. The van der Waals surface area contributed by atoms with Crippen LogP contribution in [-0.2, 0) is 9.53 Å². The highest BCUT2D eigenvalue weighted by Crippen LogP contribution is 2.15. The van der Waals surface area contributed by atoms with Crippen molar-refractivity contribution >= 4 is 11.6 Å². The van der Waals surface area contributed by atoms with E-state index in [1.165, 1.54) is 12.1 Å². The maximum absolute atomic E-state index is 13.6. The lowest BCUT2D eigenvalue weighted by Crippen LogP contribution is -2.34. The van der Waals surface area contributed by atoms with E-state index in [4.69, 9.17) is 10.00 Å². The van der Waals surface area contributed by atoms with Gasteiger partial charge in [0.2, 0.25) is 5.91 Å². The molecule has 1 aliphatic heterocycles. The quantitative estimate of drug-likeness (QED) is 0.872. The van der Waals surface area contributed by atoms with Crippen molar-refractivity contribution in [2.45, 2.75) is 18.9 Å². The molecule has 2 N–H and O–H groups in total. The second kappa shape index (κ2) is 6.98. The molecule has 1 heterocycles. The van der Waals surface area contributed by atoms with E-state index in [0.29, 0.717) is 0 Å².